The zero-order chi connectivity index (χ0) is 52.0. The Morgan fingerprint density at radius 1 is 0.932 bits per heavy atom. The van der Waals surface area contributed by atoms with Crippen LogP contribution in [0.25, 0.3) is 0 Å². The van der Waals surface area contributed by atoms with Crippen LogP contribution in [0, 0.1) is 6.92 Å². The summed E-state index contributed by atoms with van der Waals surface area (Å²) in [4.78, 5) is 52.2. The van der Waals surface area contributed by atoms with Gasteiger partial charge in [0.2, 0.25) is 0 Å². The summed E-state index contributed by atoms with van der Waals surface area (Å²) in [5, 5.41) is 32.9. The summed E-state index contributed by atoms with van der Waals surface area (Å²) in [6.07, 6.45) is 7.29. The fourth-order valence-electron chi connectivity index (χ4n) is 9.36. The molecule has 4 fully saturated rings. The molecule has 3 N–H and O–H groups in total. The lowest BCUT2D eigenvalue weighted by atomic mass is 9.86. The van der Waals surface area contributed by atoms with Gasteiger partial charge >= 0.3 is 23.2 Å². The quantitative estimate of drug-likeness (QED) is 0.125. The van der Waals surface area contributed by atoms with Gasteiger partial charge in [0.1, 0.15) is 10.5 Å². The Morgan fingerprint density at radius 2 is 1.61 bits per heavy atom. The van der Waals surface area contributed by atoms with Crippen LogP contribution in [0.15, 0.2) is 64.2 Å². The van der Waals surface area contributed by atoms with Crippen LogP contribution in [0.1, 0.15) is 56.6 Å². The van der Waals surface area contributed by atoms with Crippen molar-refractivity contribution in [3.63, 3.8) is 0 Å². The molecule has 11 heterocycles. The highest BCUT2D eigenvalue weighted by molar-refractivity contribution is 8.38. The molecule has 0 radical (unpaired) electrons. The average Bonchev–Trinajstić information content (AvgIpc) is 4.23. The van der Waals surface area contributed by atoms with Crippen molar-refractivity contribution >= 4 is 86.1 Å². The van der Waals surface area contributed by atoms with Crippen LogP contribution in [0.2, 0.25) is 0 Å². The number of nitrogens with one attached hydrogen (secondary N) is 2. The van der Waals surface area contributed by atoms with Crippen LogP contribution < -0.4 is 22.5 Å². The Hall–Kier alpha value is -3.45. The van der Waals surface area contributed by atoms with Crippen molar-refractivity contribution < 1.29 is 28.8 Å². The number of aryl methyl sites for hydroxylation is 1. The molecule has 0 saturated carbocycles. The number of ether oxygens (including phenoxy) is 4. The molecule has 4 saturated heterocycles. The molecular weight excluding hydrogens is 1070 g/mol. The van der Waals surface area contributed by atoms with Gasteiger partial charge in [-0.15, -0.1) is 38.8 Å². The van der Waals surface area contributed by atoms with E-state index in [0.29, 0.717) is 51.5 Å². The van der Waals surface area contributed by atoms with Gasteiger partial charge in [0.15, 0.2) is 15.5 Å². The van der Waals surface area contributed by atoms with Gasteiger partial charge in [-0.05, 0) is 75.5 Å². The fourth-order valence-corrected chi connectivity index (χ4v) is 14.5. The molecular formula is C46H67N13O9S6. The summed E-state index contributed by atoms with van der Waals surface area (Å²) in [5.41, 5.74) is 4.30. The van der Waals surface area contributed by atoms with E-state index in [-0.39, 0.29) is 35.3 Å². The summed E-state index contributed by atoms with van der Waals surface area (Å²) in [6, 6.07) is 9.06. The summed E-state index contributed by atoms with van der Waals surface area (Å²) in [7, 11) is 1.75. The second kappa shape index (κ2) is 27.7. The van der Waals surface area contributed by atoms with E-state index in [4.69, 9.17) is 14.2 Å². The number of hydrazone groups is 1. The summed E-state index contributed by atoms with van der Waals surface area (Å²) in [5.74, 6) is 5.14. The molecule has 1 amide bonds. The number of nitrogens with zero attached hydrogens (tertiary/aromatic N) is 11. The molecule has 12 rings (SSSR count). The lowest BCUT2D eigenvalue weighted by Crippen LogP contribution is -2.56. The smallest absolute Gasteiger partial charge is 0.427 e. The number of aliphatic imine (C=N–C) groups is 1. The first-order valence-corrected chi connectivity index (χ1v) is 31.1. The number of aliphatic hydroxyl groups is 1. The SMILES string of the molecule is CCOC(=O)N/N=C1\CCCS1.COCC1(OCc2ccccc2C)CC2CCC(C1)N2CC(O)Cn1nc2n(c1=O)CCS2.CSC1=NCCS1.O=c1[nH]nc2n1CCS2.O=c1n(CC2CO2)nc2n1CCS2. The second-order valence-electron chi connectivity index (χ2n) is 18.2. The summed E-state index contributed by atoms with van der Waals surface area (Å²) < 4.78 is 31.2. The van der Waals surface area contributed by atoms with Crippen molar-refractivity contribution in [1.29, 1.82) is 0 Å². The lowest BCUT2D eigenvalue weighted by molar-refractivity contribution is -0.146. The molecule has 4 atom stereocenters. The number of hydrogen-bond acceptors (Lipinski definition) is 21. The van der Waals surface area contributed by atoms with Gasteiger partial charge in [-0.3, -0.25) is 23.6 Å². The highest BCUT2D eigenvalue weighted by Crippen LogP contribution is 2.43. The zero-order valence-corrected chi connectivity index (χ0v) is 47.2. The van der Waals surface area contributed by atoms with Gasteiger partial charge < -0.3 is 24.1 Å². The maximum absolute atomic E-state index is 12.5. The number of methoxy groups -OCH3 is 1. The minimum absolute atomic E-state index is 0.00972. The molecule has 0 aliphatic carbocycles. The van der Waals surface area contributed by atoms with E-state index in [0.717, 1.165) is 108 Å². The van der Waals surface area contributed by atoms with Gasteiger partial charge in [0.05, 0.1) is 62.8 Å². The zero-order valence-electron chi connectivity index (χ0n) is 42.3. The maximum atomic E-state index is 12.5. The van der Waals surface area contributed by atoms with Crippen molar-refractivity contribution in [1.82, 2.24) is 53.8 Å². The number of hydrogen-bond donors (Lipinski definition) is 3. The number of piperidine rings is 1. The van der Waals surface area contributed by atoms with Crippen LogP contribution in [0.5, 0.6) is 0 Å². The molecule has 2 bridgehead atoms. The third-order valence-electron chi connectivity index (χ3n) is 13.0. The third-order valence-corrected chi connectivity index (χ3v) is 19.1. The molecule has 4 unspecified atom stereocenters. The summed E-state index contributed by atoms with van der Waals surface area (Å²) >= 11 is 10.1. The predicted octanol–water partition coefficient (Wildman–Crippen LogP) is 4.30. The minimum atomic E-state index is -0.630. The van der Waals surface area contributed by atoms with Crippen molar-refractivity contribution in [2.45, 2.75) is 137 Å². The maximum Gasteiger partial charge on any atom is 0.427 e. The molecule has 4 aromatic rings. The fraction of sp³-hybridized carbons (Fsp3) is 0.674. The molecule has 406 valence electrons. The number of carbonyl (C=O) groups excluding carboxylic acids is 1. The van der Waals surface area contributed by atoms with Gasteiger partial charge in [-0.2, -0.15) is 5.10 Å². The minimum Gasteiger partial charge on any atom is -0.449 e. The van der Waals surface area contributed by atoms with Crippen LogP contribution >= 0.6 is 70.6 Å². The van der Waals surface area contributed by atoms with Crippen molar-refractivity contribution in [3.8, 4) is 0 Å². The number of aromatic nitrogens is 9. The molecule has 8 aliphatic heterocycles. The number of epoxide rings is 1. The first kappa shape index (κ1) is 56.7. The van der Waals surface area contributed by atoms with Crippen LogP contribution in [-0.4, -0.2) is 174 Å². The van der Waals surface area contributed by atoms with Crippen LogP contribution in [0.3, 0.4) is 0 Å². The number of rotatable bonds is 13. The van der Waals surface area contributed by atoms with Gasteiger partial charge in [0.25, 0.3) is 0 Å². The number of aliphatic hydroxyl groups excluding tert-OH is 1. The van der Waals surface area contributed by atoms with Gasteiger partial charge in [-0.25, -0.2) is 39.1 Å². The number of amides is 1. The summed E-state index contributed by atoms with van der Waals surface area (Å²) in [6.45, 7) is 10.9. The van der Waals surface area contributed by atoms with Crippen molar-refractivity contribution in [2.24, 2.45) is 10.1 Å². The van der Waals surface area contributed by atoms with Gasteiger partial charge in [-0.1, -0.05) is 71.3 Å². The van der Waals surface area contributed by atoms with E-state index < -0.39 is 12.2 Å². The lowest BCUT2D eigenvalue weighted by Gasteiger charge is -2.46. The third kappa shape index (κ3) is 15.4. The molecule has 0 spiro atoms. The van der Waals surface area contributed by atoms with Crippen molar-refractivity contribution in [3.05, 3.63) is 66.8 Å². The average molecular weight is 1140 g/mol. The molecule has 3 aromatic heterocycles. The van der Waals surface area contributed by atoms with E-state index in [2.05, 4.69) is 83.0 Å². The Labute approximate surface area is 455 Å². The van der Waals surface area contributed by atoms with Crippen molar-refractivity contribution in [2.75, 3.05) is 75.0 Å². The Bertz CT molecular complexity index is 2710. The highest BCUT2D eigenvalue weighted by Gasteiger charge is 2.49. The monoisotopic (exact) mass is 1140 g/mol. The normalized spacial score (nSPS) is 23.7. The van der Waals surface area contributed by atoms with E-state index >= 15 is 0 Å². The molecule has 74 heavy (non-hydrogen) atoms. The topological polar surface area (TPSA) is 248 Å². The number of H-pyrrole nitrogens is 1. The van der Waals surface area contributed by atoms with Gasteiger partial charge in [0, 0.05) is 68.4 Å². The largest absolute Gasteiger partial charge is 0.449 e. The predicted molar refractivity (Wildman–Crippen MR) is 295 cm³/mol. The second-order valence-corrected chi connectivity index (χ2v) is 24.7. The first-order chi connectivity index (χ1) is 36.0. The highest BCUT2D eigenvalue weighted by atomic mass is 32.2. The Morgan fingerprint density at radius 3 is 2.19 bits per heavy atom. The van der Waals surface area contributed by atoms with Crippen LogP contribution in [0.4, 0.5) is 4.79 Å². The van der Waals surface area contributed by atoms with Crippen LogP contribution in [-0.2, 0) is 58.3 Å². The van der Waals surface area contributed by atoms with E-state index in [1.807, 2.05) is 11.8 Å². The standard InChI is InChI=1S/C24H34N4O4S.C7H9N3O2S.C7H12N2O2S.C4H5N3OS.C4H7NS2/c1-17-5-3-4-6-18(17)15-32-24(16-31-2)11-19-7-8-20(12-24)27(19)13-21(29)14-28-23(30)26-9-10-33-22(26)25-28;11-7-9-1-2-13-6(9)8-10(7)3-5-4-12-5;1-2-11-7(10)9-8-6-4-3-5-12-6;8-3-5-6-4-7(3)1-2-9-4;1-6-4-5-2-3-7-4/h3-6,19-21,29H,7-16H2,1-2H3;5H,1-4H2;2-5H2,1H3,(H,9,10);1-2H2,(H,5,8);2-3H2,1H3/b;;8-6+;;. The molecule has 28 heteroatoms. The van der Waals surface area contributed by atoms with E-state index in [9.17, 15) is 24.3 Å². The number of aromatic amines is 1. The first-order valence-electron chi connectivity index (χ1n) is 24.9. The molecule has 8 aliphatic rings. The molecule has 22 nitrogen and oxygen atoms in total. The Kier molecular flexibility index (Phi) is 21.3. The Balaban J connectivity index is 0.000000144. The number of thioether (sulfide) groups is 6. The number of fused-ring (bicyclic) bond motifs is 5. The van der Waals surface area contributed by atoms with E-state index in [1.54, 1.807) is 86.5 Å². The molecule has 1 aromatic carbocycles. The number of carbonyl (C=O) groups is 1. The van der Waals surface area contributed by atoms with E-state index in [1.165, 1.54) is 30.6 Å². The number of benzene rings is 1.